The third-order valence-corrected chi connectivity index (χ3v) is 3.43. The number of thiazole rings is 1. The molecule has 2 N–H and O–H groups in total. The summed E-state index contributed by atoms with van der Waals surface area (Å²) in [6.07, 6.45) is 0. The number of oxime groups is 1. The van der Waals surface area contributed by atoms with Crippen LogP contribution in [0.25, 0.3) is 0 Å². The molecular weight excluding hydrogens is 350 g/mol. The number of carbonyl (C=O) groups is 2. The normalized spacial score (nSPS) is 11.2. The Morgan fingerprint density at radius 3 is 2.83 bits per heavy atom. The van der Waals surface area contributed by atoms with Gasteiger partial charge in [0.15, 0.2) is 5.13 Å². The van der Waals surface area contributed by atoms with Crippen LogP contribution in [0.4, 0.5) is 5.13 Å². The molecule has 1 aromatic rings. The monoisotopic (exact) mass is 355 g/mol. The summed E-state index contributed by atoms with van der Waals surface area (Å²) >= 11 is 9.51. The average Bonchev–Trinajstić information content (AvgIpc) is 2.66. The standard InChI is InChI=1S/C8H7BrClN3O4S/c1-17-13-5(7(15)16)4-6(9)18-8(12-4)11-3(14)2-10/h2H2,1H3,(H,15,16)(H,11,12,14)/b13-5-. The first-order chi connectivity index (χ1) is 8.49. The third kappa shape index (κ3) is 3.65. The molecule has 1 amide bonds. The van der Waals surface area contributed by atoms with Gasteiger partial charge >= 0.3 is 5.97 Å². The van der Waals surface area contributed by atoms with Crippen molar-refractivity contribution in [3.8, 4) is 0 Å². The smallest absolute Gasteiger partial charge is 0.360 e. The van der Waals surface area contributed by atoms with E-state index in [-0.39, 0.29) is 22.4 Å². The Balaban J connectivity index is 3.07. The van der Waals surface area contributed by atoms with Crippen LogP contribution in [-0.4, -0.2) is 40.7 Å². The molecular formula is C8H7BrClN3O4S. The zero-order valence-corrected chi connectivity index (χ0v) is 12.1. The number of hydrogen-bond acceptors (Lipinski definition) is 6. The summed E-state index contributed by atoms with van der Waals surface area (Å²) in [7, 11) is 1.22. The lowest BCUT2D eigenvalue weighted by molar-refractivity contribution is -0.129. The average molecular weight is 357 g/mol. The summed E-state index contributed by atoms with van der Waals surface area (Å²) in [5.41, 5.74) is -0.300. The van der Waals surface area contributed by atoms with Crippen molar-refractivity contribution >= 4 is 61.6 Å². The molecule has 1 heterocycles. The van der Waals surface area contributed by atoms with E-state index in [1.54, 1.807) is 0 Å². The molecule has 0 fully saturated rings. The Hall–Kier alpha value is -1.19. The summed E-state index contributed by atoms with van der Waals surface area (Å²) in [6.45, 7) is 0. The highest BCUT2D eigenvalue weighted by molar-refractivity contribution is 9.11. The minimum Gasteiger partial charge on any atom is -0.476 e. The van der Waals surface area contributed by atoms with Crippen LogP contribution in [0.1, 0.15) is 5.69 Å². The molecule has 0 radical (unpaired) electrons. The number of halogens is 2. The second-order valence-corrected chi connectivity index (χ2v) is 5.33. The van der Waals surface area contributed by atoms with E-state index in [2.05, 4.69) is 36.2 Å². The fraction of sp³-hybridized carbons (Fsp3) is 0.250. The van der Waals surface area contributed by atoms with E-state index in [1.807, 2.05) is 0 Å². The van der Waals surface area contributed by atoms with E-state index in [9.17, 15) is 9.59 Å². The Bertz CT molecular complexity index is 505. The third-order valence-electron chi connectivity index (χ3n) is 1.56. The number of amides is 1. The number of nitrogens with one attached hydrogen (secondary N) is 1. The van der Waals surface area contributed by atoms with Crippen LogP contribution in [0, 0.1) is 0 Å². The Kier molecular flexibility index (Phi) is 5.51. The number of aromatic nitrogens is 1. The van der Waals surface area contributed by atoms with Gasteiger partial charge in [0.1, 0.15) is 22.5 Å². The Morgan fingerprint density at radius 1 is 1.67 bits per heavy atom. The summed E-state index contributed by atoms with van der Waals surface area (Å²) in [5.74, 6) is -1.95. The lowest BCUT2D eigenvalue weighted by atomic mass is 10.3. The largest absolute Gasteiger partial charge is 0.476 e. The van der Waals surface area contributed by atoms with Gasteiger partial charge in [-0.25, -0.2) is 9.78 Å². The Labute approximate surface area is 119 Å². The van der Waals surface area contributed by atoms with Gasteiger partial charge in [0, 0.05) is 0 Å². The number of aliphatic carboxylic acids is 1. The molecule has 1 aromatic heterocycles. The molecule has 7 nitrogen and oxygen atoms in total. The molecule has 1 rings (SSSR count). The number of carbonyl (C=O) groups excluding carboxylic acids is 1. The molecule has 98 valence electrons. The van der Waals surface area contributed by atoms with Crippen molar-refractivity contribution < 1.29 is 19.5 Å². The molecule has 0 aliphatic carbocycles. The number of nitrogens with zero attached hydrogens (tertiary/aromatic N) is 2. The summed E-state index contributed by atoms with van der Waals surface area (Å²) in [6, 6.07) is 0. The maximum absolute atomic E-state index is 11.1. The first-order valence-corrected chi connectivity index (χ1v) is 6.51. The van der Waals surface area contributed by atoms with Crippen molar-refractivity contribution in [2.75, 3.05) is 18.3 Å². The summed E-state index contributed by atoms with van der Waals surface area (Å²) < 4.78 is 0.408. The molecule has 0 aliphatic rings. The van der Waals surface area contributed by atoms with Crippen LogP contribution < -0.4 is 5.32 Å². The first-order valence-electron chi connectivity index (χ1n) is 4.36. The van der Waals surface area contributed by atoms with E-state index < -0.39 is 11.9 Å². The van der Waals surface area contributed by atoms with Gasteiger partial charge in [-0.05, 0) is 15.9 Å². The van der Waals surface area contributed by atoms with E-state index in [0.29, 0.717) is 3.79 Å². The summed E-state index contributed by atoms with van der Waals surface area (Å²) in [4.78, 5) is 30.4. The van der Waals surface area contributed by atoms with Gasteiger partial charge in [-0.2, -0.15) is 0 Å². The predicted octanol–water partition coefficient (Wildman–Crippen LogP) is 1.52. The number of anilines is 1. The van der Waals surface area contributed by atoms with Crippen LogP contribution in [0.15, 0.2) is 8.94 Å². The topological polar surface area (TPSA) is 101 Å². The maximum atomic E-state index is 11.1. The van der Waals surface area contributed by atoms with E-state index in [0.717, 1.165) is 11.3 Å². The molecule has 0 unspecified atom stereocenters. The van der Waals surface area contributed by atoms with E-state index in [4.69, 9.17) is 16.7 Å². The minimum absolute atomic E-state index is 0.0687. The first kappa shape index (κ1) is 14.9. The second-order valence-electron chi connectivity index (χ2n) is 2.75. The van der Waals surface area contributed by atoms with Crippen LogP contribution in [0.5, 0.6) is 0 Å². The fourth-order valence-corrected chi connectivity index (χ4v) is 2.44. The van der Waals surface area contributed by atoms with Gasteiger partial charge < -0.3 is 15.3 Å². The van der Waals surface area contributed by atoms with E-state index >= 15 is 0 Å². The van der Waals surface area contributed by atoms with Crippen molar-refractivity contribution in [1.29, 1.82) is 0 Å². The predicted molar refractivity (Wildman–Crippen MR) is 70.3 cm³/mol. The molecule has 10 heteroatoms. The van der Waals surface area contributed by atoms with Crippen molar-refractivity contribution in [3.05, 3.63) is 9.48 Å². The fourth-order valence-electron chi connectivity index (χ4n) is 0.929. The molecule has 0 bridgehead atoms. The van der Waals surface area contributed by atoms with Crippen LogP contribution in [-0.2, 0) is 14.4 Å². The van der Waals surface area contributed by atoms with E-state index in [1.165, 1.54) is 7.11 Å². The van der Waals surface area contributed by atoms with Gasteiger partial charge in [0.2, 0.25) is 11.6 Å². The lowest BCUT2D eigenvalue weighted by Gasteiger charge is -1.97. The number of alkyl halides is 1. The maximum Gasteiger partial charge on any atom is 0.360 e. The van der Waals surface area contributed by atoms with Crippen molar-refractivity contribution in [2.24, 2.45) is 5.16 Å². The highest BCUT2D eigenvalue weighted by Gasteiger charge is 2.22. The van der Waals surface area contributed by atoms with Crippen LogP contribution in [0.2, 0.25) is 0 Å². The second kappa shape index (κ2) is 6.66. The van der Waals surface area contributed by atoms with Crippen molar-refractivity contribution in [2.45, 2.75) is 0 Å². The number of carboxylic acids is 1. The van der Waals surface area contributed by atoms with Gasteiger partial charge in [-0.1, -0.05) is 16.5 Å². The van der Waals surface area contributed by atoms with Gasteiger partial charge in [0.25, 0.3) is 0 Å². The number of hydrogen-bond donors (Lipinski definition) is 2. The van der Waals surface area contributed by atoms with Gasteiger partial charge in [-0.3, -0.25) is 4.79 Å². The van der Waals surface area contributed by atoms with Gasteiger partial charge in [0.05, 0.1) is 0 Å². The van der Waals surface area contributed by atoms with Crippen LogP contribution >= 0.6 is 38.9 Å². The number of rotatable bonds is 5. The molecule has 0 saturated heterocycles. The van der Waals surface area contributed by atoms with Crippen molar-refractivity contribution in [3.63, 3.8) is 0 Å². The molecule has 0 aliphatic heterocycles. The Morgan fingerprint density at radius 2 is 2.33 bits per heavy atom. The highest BCUT2D eigenvalue weighted by Crippen LogP contribution is 2.29. The molecule has 0 atom stereocenters. The zero-order valence-electron chi connectivity index (χ0n) is 8.94. The van der Waals surface area contributed by atoms with Crippen molar-refractivity contribution in [1.82, 2.24) is 4.98 Å². The summed E-state index contributed by atoms with van der Waals surface area (Å²) in [5, 5.41) is 14.9. The van der Waals surface area contributed by atoms with Gasteiger partial charge in [-0.15, -0.1) is 11.6 Å². The zero-order chi connectivity index (χ0) is 13.7. The van der Waals surface area contributed by atoms with Crippen LogP contribution in [0.3, 0.4) is 0 Å². The molecule has 0 aromatic carbocycles. The number of carboxylic acid groups (broad SMARTS) is 1. The molecule has 18 heavy (non-hydrogen) atoms. The molecule has 0 spiro atoms. The highest BCUT2D eigenvalue weighted by atomic mass is 79.9. The minimum atomic E-state index is -1.29. The SMILES string of the molecule is CO/N=C(\C(=O)O)c1nc(NC(=O)CCl)sc1Br. The molecule has 0 saturated carbocycles. The lowest BCUT2D eigenvalue weighted by Crippen LogP contribution is -2.17. The quantitative estimate of drug-likeness (QED) is 0.473.